The number of piperidine rings is 1. The van der Waals surface area contributed by atoms with Gasteiger partial charge in [0.1, 0.15) is 0 Å². The fourth-order valence-electron chi connectivity index (χ4n) is 8.27. The van der Waals surface area contributed by atoms with Crippen LogP contribution >= 0.6 is 45.2 Å². The first-order chi connectivity index (χ1) is 41.7. The Kier molecular flexibility index (Phi) is 25.4. The lowest BCUT2D eigenvalue weighted by Gasteiger charge is -2.27. The van der Waals surface area contributed by atoms with Gasteiger partial charge < -0.3 is 35.1 Å². The van der Waals surface area contributed by atoms with Crippen molar-refractivity contribution in [2.45, 2.75) is 40.0 Å². The molecule has 0 saturated carbocycles. The van der Waals surface area contributed by atoms with Crippen LogP contribution < -0.4 is 10.6 Å². The lowest BCUT2D eigenvalue weighted by atomic mass is 9.99. The van der Waals surface area contributed by atoms with E-state index in [0.717, 1.165) is 57.9 Å². The number of aryl methyl sites for hydroxylation is 3. The van der Waals surface area contributed by atoms with Crippen molar-refractivity contribution >= 4 is 109 Å². The van der Waals surface area contributed by atoms with Crippen LogP contribution in [0.3, 0.4) is 0 Å². The highest BCUT2D eigenvalue weighted by Gasteiger charge is 2.22. The lowest BCUT2D eigenvalue weighted by molar-refractivity contribution is -0.385. The zero-order chi connectivity index (χ0) is 64.9. The van der Waals surface area contributed by atoms with Gasteiger partial charge >= 0.3 is 29.8 Å². The van der Waals surface area contributed by atoms with Gasteiger partial charge in [0.2, 0.25) is 5.91 Å². The second-order valence-electron chi connectivity index (χ2n) is 19.2. The number of amides is 1. The smallest absolute Gasteiger partial charge is 0.338 e. The fourth-order valence-corrected chi connectivity index (χ4v) is 9.57. The zero-order valence-electron chi connectivity index (χ0n) is 48.1. The average molecular weight is 1420 g/mol. The molecule has 0 unspecified atom stereocenters. The molecule has 8 aromatic rings. The minimum absolute atomic E-state index is 0.0636. The average Bonchev–Trinajstić information content (AvgIpc) is 2.51. The molecular formula is C64H57I2N5O17. The predicted octanol–water partition coefficient (Wildman–Crippen LogP) is 14.1. The van der Waals surface area contributed by atoms with Crippen LogP contribution in [0.25, 0.3) is 33.4 Å². The molecule has 0 aliphatic carbocycles. The molecule has 0 aromatic heterocycles. The fraction of sp³-hybridized carbons (Fsp3) is 0.156. The van der Waals surface area contributed by atoms with Crippen molar-refractivity contribution < 1.29 is 68.0 Å². The number of nitrogens with two attached hydrogens (primary N) is 1. The Morgan fingerprint density at radius 2 is 0.795 bits per heavy atom. The van der Waals surface area contributed by atoms with E-state index in [1.807, 2.05) is 151 Å². The first-order valence-corrected chi connectivity index (χ1v) is 28.3. The third-order valence-electron chi connectivity index (χ3n) is 12.7. The minimum Gasteiger partial charge on any atom is -0.478 e. The number of benzene rings is 8. The van der Waals surface area contributed by atoms with Crippen LogP contribution in [0.4, 0.5) is 28.4 Å². The molecule has 0 spiro atoms. The molecule has 1 heterocycles. The van der Waals surface area contributed by atoms with Crippen molar-refractivity contribution in [1.82, 2.24) is 0 Å². The Labute approximate surface area is 531 Å². The van der Waals surface area contributed by atoms with Gasteiger partial charge in [-0.05, 0) is 167 Å². The van der Waals surface area contributed by atoms with E-state index in [1.54, 1.807) is 35.2 Å². The van der Waals surface area contributed by atoms with Gasteiger partial charge in [0, 0.05) is 67.9 Å². The van der Waals surface area contributed by atoms with Gasteiger partial charge in [-0.3, -0.25) is 35.1 Å². The maximum absolute atomic E-state index is 12.1. The van der Waals surface area contributed by atoms with Gasteiger partial charge in [0.25, 0.3) is 17.1 Å². The number of methoxy groups -OCH3 is 3. The Morgan fingerprint density at radius 3 is 1.19 bits per heavy atom. The topological polar surface area (TPSA) is 329 Å². The molecule has 9 rings (SSSR count). The maximum atomic E-state index is 12.1. The van der Waals surface area contributed by atoms with Crippen molar-refractivity contribution in [1.29, 1.82) is 0 Å². The number of aromatic carboxylic acids is 2. The first kappa shape index (κ1) is 68.8. The number of carbonyl (C=O) groups is 6. The van der Waals surface area contributed by atoms with Gasteiger partial charge in [-0.25, -0.2) is 24.0 Å². The second-order valence-corrected chi connectivity index (χ2v) is 21.7. The summed E-state index contributed by atoms with van der Waals surface area (Å²) in [4.78, 5) is 100. The van der Waals surface area contributed by atoms with Crippen molar-refractivity contribution in [3.05, 3.63) is 246 Å². The predicted molar refractivity (Wildman–Crippen MR) is 347 cm³/mol. The van der Waals surface area contributed by atoms with Crippen LogP contribution in [0.2, 0.25) is 0 Å². The maximum Gasteiger partial charge on any atom is 0.338 e. The number of ether oxygens (including phenoxy) is 3. The molecule has 1 aliphatic rings. The summed E-state index contributed by atoms with van der Waals surface area (Å²) in [5, 5.41) is 49.7. The molecule has 454 valence electrons. The van der Waals surface area contributed by atoms with Gasteiger partial charge in [0.05, 0.1) is 63.9 Å². The normalized spacial score (nSPS) is 11.2. The first-order valence-electron chi connectivity index (χ1n) is 26.2. The number of hydrogen-bond donors (Lipinski definition) is 3. The van der Waals surface area contributed by atoms with E-state index in [4.69, 9.17) is 15.6 Å². The number of nitrogens with zero attached hydrogens (tertiary/aromatic N) is 4. The van der Waals surface area contributed by atoms with E-state index in [0.29, 0.717) is 42.6 Å². The third kappa shape index (κ3) is 20.4. The zero-order valence-corrected chi connectivity index (χ0v) is 52.4. The third-order valence-corrected chi connectivity index (χ3v) is 14.0. The van der Waals surface area contributed by atoms with Crippen molar-refractivity contribution in [2.24, 2.45) is 0 Å². The molecule has 22 nitrogen and oxygen atoms in total. The summed E-state index contributed by atoms with van der Waals surface area (Å²) in [5.74, 6) is -3.63. The summed E-state index contributed by atoms with van der Waals surface area (Å²) in [6.07, 6.45) is 2.37. The molecule has 0 bridgehead atoms. The summed E-state index contributed by atoms with van der Waals surface area (Å²) >= 11 is 3.73. The summed E-state index contributed by atoms with van der Waals surface area (Å²) in [6, 6.07) is 46.0. The van der Waals surface area contributed by atoms with E-state index in [1.165, 1.54) is 69.4 Å². The van der Waals surface area contributed by atoms with E-state index in [2.05, 4.69) is 9.47 Å². The van der Waals surface area contributed by atoms with E-state index >= 15 is 0 Å². The standard InChI is InChI=1S/C19H19NO3.C15H13NO4.C15H15NO2.C8H6INO4.C7H4INO4/c1-13-5-7-14(8-6-13)15-10-16(19(22)23)12-17(11-15)20-9-3-2-4-18(20)21;1-10-3-5-11(6-4-10)12-7-13(15(17)20-2)9-14(8-12)16(18)19;1-10-3-5-11(6-4-10)12-7-13(15(17)18-2)9-14(16)8-12;1-14-8(11)5-2-6(9)4-7(3-5)10(12)13;8-5-1-4(7(10)11)2-6(3-5)9(12)13/h5-8,10-12H,2-4,9H2,1H3,(H,22,23);3-9H,1-2H3;3-9H,16H2,1-2H3;2-4H,1H3;1-3H,(H,10,11). The number of carboxylic acids is 2. The summed E-state index contributed by atoms with van der Waals surface area (Å²) in [5.41, 5.74) is 16.1. The highest BCUT2D eigenvalue weighted by molar-refractivity contribution is 14.1. The number of esters is 3. The number of carbonyl (C=O) groups excluding carboxylic acids is 4. The Morgan fingerprint density at radius 1 is 0.455 bits per heavy atom. The lowest BCUT2D eigenvalue weighted by Crippen LogP contribution is -2.35. The number of nitrogen functional groups attached to an aromatic ring is 1. The SMILES string of the molecule is COC(=O)c1cc(-c2ccc(C)cc2)cc([N+](=O)[O-])c1.COC(=O)c1cc(I)cc([N+](=O)[O-])c1.COC(=O)c1cc(N)cc(-c2ccc(C)cc2)c1.Cc1ccc(-c2cc(C(=O)O)cc(N3CCCCC3=O)c2)cc1.O=C(O)c1cc(I)cc([N+](=O)[O-])c1. The molecule has 88 heavy (non-hydrogen) atoms. The van der Waals surface area contributed by atoms with Crippen molar-refractivity contribution in [2.75, 3.05) is 38.5 Å². The molecule has 1 fully saturated rings. The van der Waals surface area contributed by atoms with Gasteiger partial charge in [-0.15, -0.1) is 0 Å². The Balaban J connectivity index is 0.000000204. The number of hydrogen-bond acceptors (Lipinski definition) is 16. The molecule has 0 radical (unpaired) electrons. The molecule has 1 saturated heterocycles. The number of rotatable bonds is 12. The summed E-state index contributed by atoms with van der Waals surface area (Å²) in [6.45, 7) is 6.64. The summed E-state index contributed by atoms with van der Waals surface area (Å²) < 4.78 is 14.9. The highest BCUT2D eigenvalue weighted by atomic mass is 127. The Hall–Kier alpha value is -9.96. The minimum atomic E-state index is -1.17. The van der Waals surface area contributed by atoms with Crippen LogP contribution in [0.15, 0.2) is 164 Å². The second kappa shape index (κ2) is 32.5. The summed E-state index contributed by atoms with van der Waals surface area (Å²) in [7, 11) is 3.83. The number of carboxylic acid groups (broad SMARTS) is 2. The molecule has 0 atom stereocenters. The van der Waals surface area contributed by atoms with Gasteiger partial charge in [-0.1, -0.05) is 89.5 Å². The van der Waals surface area contributed by atoms with Gasteiger partial charge in [0.15, 0.2) is 0 Å². The molecule has 4 N–H and O–H groups in total. The quantitative estimate of drug-likeness (QED) is 0.0255. The number of nitro benzene ring substituents is 3. The molecule has 24 heteroatoms. The largest absolute Gasteiger partial charge is 0.478 e. The van der Waals surface area contributed by atoms with Crippen LogP contribution in [0.5, 0.6) is 0 Å². The number of halogens is 2. The van der Waals surface area contributed by atoms with Gasteiger partial charge in [-0.2, -0.15) is 0 Å². The molecule has 8 aromatic carbocycles. The van der Waals surface area contributed by atoms with E-state index in [-0.39, 0.29) is 51.2 Å². The molecular weight excluding hydrogens is 1360 g/mol. The Bertz CT molecular complexity index is 3880. The molecule has 1 amide bonds. The van der Waals surface area contributed by atoms with E-state index < -0.39 is 38.6 Å². The van der Waals surface area contributed by atoms with Crippen LogP contribution in [-0.2, 0) is 19.0 Å². The van der Waals surface area contributed by atoms with E-state index in [9.17, 15) is 64.2 Å². The van der Waals surface area contributed by atoms with Crippen LogP contribution in [0, 0.1) is 58.3 Å². The number of non-ortho nitro benzene ring substituents is 3. The van der Waals surface area contributed by atoms with Crippen LogP contribution in [0.1, 0.15) is 87.7 Å². The molecule has 1 aliphatic heterocycles. The number of anilines is 2. The van der Waals surface area contributed by atoms with Crippen molar-refractivity contribution in [3.63, 3.8) is 0 Å². The number of nitro groups is 3. The van der Waals surface area contributed by atoms with Crippen molar-refractivity contribution in [3.8, 4) is 33.4 Å². The monoisotopic (exact) mass is 1420 g/mol. The highest BCUT2D eigenvalue weighted by Crippen LogP contribution is 2.31. The van der Waals surface area contributed by atoms with Crippen LogP contribution in [-0.4, -0.2) is 88.6 Å².